The smallest absolute Gasteiger partial charge is 0.312 e. The van der Waals surface area contributed by atoms with Crippen molar-refractivity contribution in [3.8, 4) is 5.75 Å². The van der Waals surface area contributed by atoms with Gasteiger partial charge in [-0.15, -0.1) is 0 Å². The second-order valence-electron chi connectivity index (χ2n) is 4.81. The van der Waals surface area contributed by atoms with Crippen LogP contribution in [0.2, 0.25) is 0 Å². The van der Waals surface area contributed by atoms with E-state index in [1.54, 1.807) is 26.1 Å². The van der Waals surface area contributed by atoms with Gasteiger partial charge in [0, 0.05) is 11.6 Å². The monoisotopic (exact) mass is 245 g/mol. The van der Waals surface area contributed by atoms with Crippen LogP contribution in [-0.4, -0.2) is 22.7 Å². The number of hydrogen-bond acceptors (Lipinski definition) is 3. The number of nitrogens with zero attached hydrogens (tertiary/aromatic N) is 1. The molecule has 1 aromatic heterocycles. The van der Waals surface area contributed by atoms with Crippen LogP contribution in [0.5, 0.6) is 5.75 Å². The van der Waals surface area contributed by atoms with Gasteiger partial charge >= 0.3 is 5.97 Å². The first-order chi connectivity index (χ1) is 8.50. The van der Waals surface area contributed by atoms with E-state index in [4.69, 9.17) is 9.84 Å². The third kappa shape index (κ3) is 2.42. The fraction of sp³-hybridized carbons (Fsp3) is 0.286. The summed E-state index contributed by atoms with van der Waals surface area (Å²) < 4.78 is 5.60. The number of benzene rings is 1. The lowest BCUT2D eigenvalue weighted by Gasteiger charge is -2.19. The van der Waals surface area contributed by atoms with Gasteiger partial charge in [0.25, 0.3) is 0 Å². The molecule has 2 rings (SSSR count). The van der Waals surface area contributed by atoms with Crippen LogP contribution in [0.15, 0.2) is 36.5 Å². The molecule has 18 heavy (non-hydrogen) atoms. The Morgan fingerprint density at radius 2 is 2.06 bits per heavy atom. The fourth-order valence-corrected chi connectivity index (χ4v) is 1.51. The van der Waals surface area contributed by atoms with Gasteiger partial charge in [-0.2, -0.15) is 0 Å². The molecule has 0 aliphatic carbocycles. The zero-order valence-electron chi connectivity index (χ0n) is 10.4. The molecule has 0 aliphatic rings. The van der Waals surface area contributed by atoms with Gasteiger partial charge in [-0.25, -0.2) is 0 Å². The molecule has 0 spiro atoms. The number of rotatable bonds is 4. The van der Waals surface area contributed by atoms with E-state index in [2.05, 4.69) is 4.98 Å². The number of carbonyl (C=O) groups is 1. The molecule has 2 aromatic rings. The number of aliphatic carboxylic acids is 1. The Labute approximate surface area is 105 Å². The summed E-state index contributed by atoms with van der Waals surface area (Å²) in [5.41, 5.74) is -0.169. The van der Waals surface area contributed by atoms with Crippen molar-refractivity contribution in [3.63, 3.8) is 0 Å². The van der Waals surface area contributed by atoms with Crippen molar-refractivity contribution in [1.82, 2.24) is 4.98 Å². The van der Waals surface area contributed by atoms with Gasteiger partial charge in [0.15, 0.2) is 0 Å². The standard InChI is InChI=1S/C14H15NO3/c1-14(2,13(16)17)9-18-11-7-3-5-10-6-4-8-15-12(10)11/h3-8H,9H2,1-2H3,(H,16,17). The van der Waals surface area contributed by atoms with Crippen LogP contribution in [0.1, 0.15) is 13.8 Å². The predicted molar refractivity (Wildman–Crippen MR) is 68.7 cm³/mol. The number of para-hydroxylation sites is 1. The summed E-state index contributed by atoms with van der Waals surface area (Å²) >= 11 is 0. The van der Waals surface area contributed by atoms with Crippen molar-refractivity contribution in [2.24, 2.45) is 5.41 Å². The second-order valence-corrected chi connectivity index (χ2v) is 4.81. The van der Waals surface area contributed by atoms with Gasteiger partial charge < -0.3 is 9.84 Å². The normalized spacial score (nSPS) is 11.4. The lowest BCUT2D eigenvalue weighted by atomic mass is 9.95. The van der Waals surface area contributed by atoms with Gasteiger partial charge in [0.05, 0.1) is 5.41 Å². The summed E-state index contributed by atoms with van der Waals surface area (Å²) in [6.07, 6.45) is 1.69. The number of pyridine rings is 1. The minimum atomic E-state index is -0.920. The number of fused-ring (bicyclic) bond motifs is 1. The predicted octanol–water partition coefficient (Wildman–Crippen LogP) is 2.72. The Balaban J connectivity index is 2.25. The van der Waals surface area contributed by atoms with Crippen molar-refractivity contribution in [2.45, 2.75) is 13.8 Å². The van der Waals surface area contributed by atoms with Crippen LogP contribution >= 0.6 is 0 Å². The lowest BCUT2D eigenvalue weighted by Crippen LogP contribution is -2.30. The first kappa shape index (κ1) is 12.4. The summed E-state index contributed by atoms with van der Waals surface area (Å²) in [6, 6.07) is 9.41. The van der Waals surface area contributed by atoms with E-state index >= 15 is 0 Å². The third-order valence-corrected chi connectivity index (χ3v) is 2.76. The number of ether oxygens (including phenoxy) is 1. The topological polar surface area (TPSA) is 59.4 Å². The summed E-state index contributed by atoms with van der Waals surface area (Å²) in [6.45, 7) is 3.37. The zero-order chi connectivity index (χ0) is 13.2. The lowest BCUT2D eigenvalue weighted by molar-refractivity contribution is -0.148. The highest BCUT2D eigenvalue weighted by molar-refractivity contribution is 5.84. The Hall–Kier alpha value is -2.10. The van der Waals surface area contributed by atoms with Gasteiger partial charge in [0.2, 0.25) is 0 Å². The molecule has 0 radical (unpaired) electrons. The molecular formula is C14H15NO3. The molecule has 0 bridgehead atoms. The van der Waals surface area contributed by atoms with Crippen LogP contribution in [0.25, 0.3) is 10.9 Å². The molecule has 1 N–H and O–H groups in total. The van der Waals surface area contributed by atoms with E-state index < -0.39 is 11.4 Å². The highest BCUT2D eigenvalue weighted by Crippen LogP contribution is 2.25. The SMILES string of the molecule is CC(C)(COc1cccc2cccnc12)C(=O)O. The summed E-state index contributed by atoms with van der Waals surface area (Å²) in [4.78, 5) is 15.3. The van der Waals surface area contributed by atoms with Crippen LogP contribution in [0.3, 0.4) is 0 Å². The maximum atomic E-state index is 11.0. The van der Waals surface area contributed by atoms with E-state index in [1.165, 1.54) is 0 Å². The summed E-state index contributed by atoms with van der Waals surface area (Å²) in [7, 11) is 0. The molecule has 0 saturated carbocycles. The fourth-order valence-electron chi connectivity index (χ4n) is 1.51. The minimum absolute atomic E-state index is 0.109. The van der Waals surface area contributed by atoms with Crippen LogP contribution < -0.4 is 4.74 Å². The van der Waals surface area contributed by atoms with Crippen LogP contribution in [0.4, 0.5) is 0 Å². The van der Waals surface area contributed by atoms with Gasteiger partial charge in [-0.1, -0.05) is 18.2 Å². The van der Waals surface area contributed by atoms with Crippen molar-refractivity contribution in [2.75, 3.05) is 6.61 Å². The molecule has 0 fully saturated rings. The molecule has 94 valence electrons. The Morgan fingerprint density at radius 1 is 1.33 bits per heavy atom. The quantitative estimate of drug-likeness (QED) is 0.899. The zero-order valence-corrected chi connectivity index (χ0v) is 10.4. The van der Waals surface area contributed by atoms with Crippen molar-refractivity contribution in [3.05, 3.63) is 36.5 Å². The van der Waals surface area contributed by atoms with E-state index in [-0.39, 0.29) is 6.61 Å². The Bertz CT molecular complexity index is 573. The maximum absolute atomic E-state index is 11.0. The molecule has 1 aromatic carbocycles. The first-order valence-corrected chi connectivity index (χ1v) is 5.71. The first-order valence-electron chi connectivity index (χ1n) is 5.71. The number of carboxylic acids is 1. The molecule has 0 amide bonds. The van der Waals surface area contributed by atoms with Crippen molar-refractivity contribution < 1.29 is 14.6 Å². The molecule has 0 unspecified atom stereocenters. The molecule has 0 atom stereocenters. The summed E-state index contributed by atoms with van der Waals surface area (Å²) in [5.74, 6) is -0.266. The van der Waals surface area contributed by atoms with Gasteiger partial charge in [-0.05, 0) is 26.0 Å². The van der Waals surface area contributed by atoms with E-state index in [9.17, 15) is 4.79 Å². The van der Waals surface area contributed by atoms with Crippen molar-refractivity contribution in [1.29, 1.82) is 0 Å². The molecule has 4 nitrogen and oxygen atoms in total. The van der Waals surface area contributed by atoms with Crippen molar-refractivity contribution >= 4 is 16.9 Å². The Kier molecular flexibility index (Phi) is 3.19. The number of carboxylic acid groups (broad SMARTS) is 1. The third-order valence-electron chi connectivity index (χ3n) is 2.76. The maximum Gasteiger partial charge on any atom is 0.312 e. The summed E-state index contributed by atoms with van der Waals surface area (Å²) in [5, 5.41) is 10.0. The van der Waals surface area contributed by atoms with E-state index in [0.29, 0.717) is 5.75 Å². The molecule has 0 saturated heterocycles. The number of aromatic nitrogens is 1. The minimum Gasteiger partial charge on any atom is -0.490 e. The largest absolute Gasteiger partial charge is 0.490 e. The number of hydrogen-bond donors (Lipinski definition) is 1. The Morgan fingerprint density at radius 3 is 2.78 bits per heavy atom. The van der Waals surface area contributed by atoms with E-state index in [0.717, 1.165) is 10.9 Å². The highest BCUT2D eigenvalue weighted by Gasteiger charge is 2.28. The molecule has 0 aliphatic heterocycles. The van der Waals surface area contributed by atoms with Gasteiger partial charge in [0.1, 0.15) is 17.9 Å². The highest BCUT2D eigenvalue weighted by atomic mass is 16.5. The van der Waals surface area contributed by atoms with Gasteiger partial charge in [-0.3, -0.25) is 9.78 Å². The van der Waals surface area contributed by atoms with E-state index in [1.807, 2.05) is 24.3 Å². The molecular weight excluding hydrogens is 230 g/mol. The average Bonchev–Trinajstić information content (AvgIpc) is 2.36. The second kappa shape index (κ2) is 4.64. The average molecular weight is 245 g/mol. The molecule has 4 heteroatoms. The van der Waals surface area contributed by atoms with Crippen LogP contribution in [0, 0.1) is 5.41 Å². The van der Waals surface area contributed by atoms with Crippen LogP contribution in [-0.2, 0) is 4.79 Å². The molecule has 1 heterocycles.